The van der Waals surface area contributed by atoms with Crippen LogP contribution in [-0.2, 0) is 0 Å². The van der Waals surface area contributed by atoms with Crippen LogP contribution in [0.2, 0.25) is 0 Å². The van der Waals surface area contributed by atoms with Crippen LogP contribution in [0.5, 0.6) is 0 Å². The third-order valence-corrected chi connectivity index (χ3v) is 4.24. The largest absolute Gasteiger partial charge is 0.312 e. The van der Waals surface area contributed by atoms with Gasteiger partial charge in [-0.3, -0.25) is 0 Å². The van der Waals surface area contributed by atoms with Gasteiger partial charge in [0, 0.05) is 18.6 Å². The van der Waals surface area contributed by atoms with Gasteiger partial charge in [0.05, 0.1) is 0 Å². The number of likely N-dealkylation sites (tertiary alicyclic amines) is 1. The highest BCUT2D eigenvalue weighted by molar-refractivity contribution is 4.86. The highest BCUT2D eigenvalue weighted by atomic mass is 15.2. The third-order valence-electron chi connectivity index (χ3n) is 4.24. The molecule has 0 spiro atoms. The number of rotatable bonds is 5. The van der Waals surface area contributed by atoms with Crippen LogP contribution in [-0.4, -0.2) is 37.1 Å². The lowest BCUT2D eigenvalue weighted by atomic mass is 9.85. The molecule has 1 saturated heterocycles. The van der Waals surface area contributed by atoms with Gasteiger partial charge in [-0.15, -0.1) is 0 Å². The number of hydrogen-bond acceptors (Lipinski definition) is 2. The highest BCUT2D eigenvalue weighted by Crippen LogP contribution is 2.21. The zero-order valence-electron chi connectivity index (χ0n) is 12.0. The van der Waals surface area contributed by atoms with E-state index in [-0.39, 0.29) is 0 Å². The molecule has 16 heavy (non-hydrogen) atoms. The van der Waals surface area contributed by atoms with Crippen molar-refractivity contribution in [2.45, 2.75) is 53.1 Å². The molecule has 2 nitrogen and oxygen atoms in total. The van der Waals surface area contributed by atoms with Crippen LogP contribution in [0.3, 0.4) is 0 Å². The zero-order chi connectivity index (χ0) is 12.3. The molecule has 96 valence electrons. The summed E-state index contributed by atoms with van der Waals surface area (Å²) >= 11 is 0. The van der Waals surface area contributed by atoms with Gasteiger partial charge in [0.25, 0.3) is 0 Å². The molecule has 0 amide bonds. The summed E-state index contributed by atoms with van der Waals surface area (Å²) in [6.45, 7) is 14.1. The third kappa shape index (κ3) is 3.74. The lowest BCUT2D eigenvalue weighted by Crippen LogP contribution is -2.38. The maximum Gasteiger partial charge on any atom is 0.0209 e. The number of nitrogens with one attached hydrogen (secondary N) is 1. The Balaban J connectivity index is 2.33. The second-order valence-electron chi connectivity index (χ2n) is 6.28. The fraction of sp³-hybridized carbons (Fsp3) is 1.00. The SMILES string of the molecule is CC(C)C(CNC1CC(C)N(C)C1)C(C)C. The molecule has 0 bridgehead atoms. The minimum absolute atomic E-state index is 0.708. The normalized spacial score (nSPS) is 27.6. The summed E-state index contributed by atoms with van der Waals surface area (Å²) in [5.74, 6) is 2.37. The van der Waals surface area contributed by atoms with Crippen LogP contribution in [0.25, 0.3) is 0 Å². The van der Waals surface area contributed by atoms with Gasteiger partial charge in [-0.05, 0) is 44.7 Å². The summed E-state index contributed by atoms with van der Waals surface area (Å²) in [6, 6.07) is 1.45. The summed E-state index contributed by atoms with van der Waals surface area (Å²) < 4.78 is 0. The van der Waals surface area contributed by atoms with Gasteiger partial charge in [-0.1, -0.05) is 27.7 Å². The average Bonchev–Trinajstić information content (AvgIpc) is 2.45. The van der Waals surface area contributed by atoms with Crippen LogP contribution < -0.4 is 5.32 Å². The van der Waals surface area contributed by atoms with Crippen molar-refractivity contribution < 1.29 is 0 Å². The monoisotopic (exact) mass is 226 g/mol. The van der Waals surface area contributed by atoms with Crippen molar-refractivity contribution in [3.8, 4) is 0 Å². The fourth-order valence-electron chi connectivity index (χ4n) is 2.89. The Labute approximate surface area is 102 Å². The molecule has 0 saturated carbocycles. The first-order valence-corrected chi connectivity index (χ1v) is 6.85. The Bertz CT molecular complexity index is 183. The maximum absolute atomic E-state index is 3.76. The Morgan fingerprint density at radius 2 is 1.75 bits per heavy atom. The summed E-state index contributed by atoms with van der Waals surface area (Å²) in [4.78, 5) is 2.46. The van der Waals surface area contributed by atoms with E-state index in [1.807, 2.05) is 0 Å². The average molecular weight is 226 g/mol. The van der Waals surface area contributed by atoms with Crippen LogP contribution in [0, 0.1) is 17.8 Å². The van der Waals surface area contributed by atoms with Crippen molar-refractivity contribution >= 4 is 0 Å². The Morgan fingerprint density at radius 3 is 2.12 bits per heavy atom. The van der Waals surface area contributed by atoms with E-state index in [1.165, 1.54) is 19.5 Å². The van der Waals surface area contributed by atoms with E-state index in [4.69, 9.17) is 0 Å². The molecule has 0 aromatic rings. The Morgan fingerprint density at radius 1 is 1.19 bits per heavy atom. The van der Waals surface area contributed by atoms with E-state index in [9.17, 15) is 0 Å². The van der Waals surface area contributed by atoms with Crippen LogP contribution in [0.4, 0.5) is 0 Å². The predicted octanol–water partition coefficient (Wildman–Crippen LogP) is 2.60. The summed E-state index contributed by atoms with van der Waals surface area (Å²) in [5, 5.41) is 3.76. The van der Waals surface area contributed by atoms with E-state index in [1.54, 1.807) is 0 Å². The summed E-state index contributed by atoms with van der Waals surface area (Å²) in [5.41, 5.74) is 0. The van der Waals surface area contributed by atoms with Gasteiger partial charge in [0.2, 0.25) is 0 Å². The van der Waals surface area contributed by atoms with E-state index >= 15 is 0 Å². The van der Waals surface area contributed by atoms with Crippen molar-refractivity contribution in [2.75, 3.05) is 20.1 Å². The topological polar surface area (TPSA) is 15.3 Å². The molecule has 2 atom stereocenters. The van der Waals surface area contributed by atoms with Gasteiger partial charge >= 0.3 is 0 Å². The van der Waals surface area contributed by atoms with Gasteiger partial charge in [-0.2, -0.15) is 0 Å². The molecule has 0 aromatic heterocycles. The molecule has 1 aliphatic heterocycles. The predicted molar refractivity (Wildman–Crippen MR) is 71.7 cm³/mol. The number of nitrogens with zero attached hydrogens (tertiary/aromatic N) is 1. The first kappa shape index (κ1) is 14.0. The second-order valence-corrected chi connectivity index (χ2v) is 6.28. The van der Waals surface area contributed by atoms with Gasteiger partial charge < -0.3 is 10.2 Å². The molecule has 0 aliphatic carbocycles. The summed E-state index contributed by atoms with van der Waals surface area (Å²) in [6.07, 6.45) is 1.30. The molecule has 0 aromatic carbocycles. The lowest BCUT2D eigenvalue weighted by Gasteiger charge is -2.26. The standard InChI is InChI=1S/C14H30N2/c1-10(2)14(11(3)4)8-15-13-7-12(5)16(6)9-13/h10-15H,7-9H2,1-6H3. The number of likely N-dealkylation sites (N-methyl/N-ethyl adjacent to an activating group) is 1. The molecule has 1 rings (SSSR count). The van der Waals surface area contributed by atoms with E-state index in [0.29, 0.717) is 6.04 Å². The van der Waals surface area contributed by atoms with E-state index < -0.39 is 0 Å². The van der Waals surface area contributed by atoms with Crippen molar-refractivity contribution in [3.63, 3.8) is 0 Å². The van der Waals surface area contributed by atoms with E-state index in [2.05, 4.69) is 51.9 Å². The van der Waals surface area contributed by atoms with Crippen molar-refractivity contribution in [2.24, 2.45) is 17.8 Å². The number of hydrogen-bond donors (Lipinski definition) is 1. The Hall–Kier alpha value is -0.0800. The van der Waals surface area contributed by atoms with E-state index in [0.717, 1.165) is 23.8 Å². The maximum atomic E-state index is 3.76. The molecule has 2 heteroatoms. The van der Waals surface area contributed by atoms with Gasteiger partial charge in [0.1, 0.15) is 0 Å². The molecule has 1 heterocycles. The minimum Gasteiger partial charge on any atom is -0.312 e. The van der Waals surface area contributed by atoms with Crippen molar-refractivity contribution in [3.05, 3.63) is 0 Å². The minimum atomic E-state index is 0.708. The molecule has 2 unspecified atom stereocenters. The molecular formula is C14H30N2. The molecule has 1 N–H and O–H groups in total. The van der Waals surface area contributed by atoms with Crippen LogP contribution in [0.1, 0.15) is 41.0 Å². The first-order chi connectivity index (χ1) is 7.41. The molecule has 1 aliphatic rings. The van der Waals surface area contributed by atoms with Gasteiger partial charge in [-0.25, -0.2) is 0 Å². The second kappa shape index (κ2) is 6.02. The lowest BCUT2D eigenvalue weighted by molar-refractivity contribution is 0.264. The molecule has 1 fully saturated rings. The Kier molecular flexibility index (Phi) is 5.26. The zero-order valence-corrected chi connectivity index (χ0v) is 12.0. The molecular weight excluding hydrogens is 196 g/mol. The quantitative estimate of drug-likeness (QED) is 0.775. The molecule has 0 radical (unpaired) electrons. The van der Waals surface area contributed by atoms with Crippen molar-refractivity contribution in [1.29, 1.82) is 0 Å². The van der Waals surface area contributed by atoms with Gasteiger partial charge in [0.15, 0.2) is 0 Å². The van der Waals surface area contributed by atoms with Crippen LogP contribution in [0.15, 0.2) is 0 Å². The first-order valence-electron chi connectivity index (χ1n) is 6.85. The van der Waals surface area contributed by atoms with Crippen LogP contribution >= 0.6 is 0 Å². The fourth-order valence-corrected chi connectivity index (χ4v) is 2.89. The highest BCUT2D eigenvalue weighted by Gasteiger charge is 2.27. The smallest absolute Gasteiger partial charge is 0.0209 e. The summed E-state index contributed by atoms with van der Waals surface area (Å²) in [7, 11) is 2.23. The van der Waals surface area contributed by atoms with Crippen molar-refractivity contribution in [1.82, 2.24) is 10.2 Å².